The van der Waals surface area contributed by atoms with Crippen LogP contribution in [0.3, 0.4) is 0 Å². The van der Waals surface area contributed by atoms with Crippen LogP contribution in [0.5, 0.6) is 0 Å². The molecule has 1 fully saturated rings. The number of alkyl halides is 1. The van der Waals surface area contributed by atoms with Crippen LogP contribution in [-0.4, -0.2) is 22.3 Å². The van der Waals surface area contributed by atoms with Crippen molar-refractivity contribution >= 4 is 17.5 Å². The van der Waals surface area contributed by atoms with Gasteiger partial charge < -0.3 is 16.0 Å². The lowest BCUT2D eigenvalue weighted by Crippen LogP contribution is -2.43. The van der Waals surface area contributed by atoms with E-state index in [1.165, 1.54) is 0 Å². The SMILES string of the molecule is Cc1cc(C)c(CNC(=O)C2CC(Cl)CC([NH-])C2C)c(=O)[nH]1. The van der Waals surface area contributed by atoms with Crippen molar-refractivity contribution in [3.8, 4) is 0 Å². The molecule has 0 aromatic carbocycles. The van der Waals surface area contributed by atoms with Gasteiger partial charge in [-0.1, -0.05) is 13.3 Å². The van der Waals surface area contributed by atoms with Crippen molar-refractivity contribution < 1.29 is 4.79 Å². The van der Waals surface area contributed by atoms with E-state index >= 15 is 0 Å². The first-order chi connectivity index (χ1) is 10.3. The molecular formula is C16H23ClN3O2-. The third-order valence-electron chi connectivity index (χ3n) is 4.56. The van der Waals surface area contributed by atoms with E-state index in [0.29, 0.717) is 18.4 Å². The zero-order valence-corrected chi connectivity index (χ0v) is 14.0. The summed E-state index contributed by atoms with van der Waals surface area (Å²) < 4.78 is 0. The number of aromatic nitrogens is 1. The second-order valence-electron chi connectivity index (χ2n) is 6.30. The molecule has 122 valence electrons. The number of aromatic amines is 1. The average Bonchev–Trinajstić information content (AvgIpc) is 2.41. The van der Waals surface area contributed by atoms with E-state index in [2.05, 4.69) is 10.3 Å². The Balaban J connectivity index is 2.05. The van der Waals surface area contributed by atoms with Crippen LogP contribution in [0.4, 0.5) is 0 Å². The van der Waals surface area contributed by atoms with E-state index in [0.717, 1.165) is 11.3 Å². The molecule has 0 bridgehead atoms. The van der Waals surface area contributed by atoms with Gasteiger partial charge in [0.05, 0.1) is 0 Å². The van der Waals surface area contributed by atoms with Crippen molar-refractivity contribution in [1.82, 2.24) is 10.3 Å². The fourth-order valence-electron chi connectivity index (χ4n) is 3.11. The van der Waals surface area contributed by atoms with Crippen molar-refractivity contribution in [2.45, 2.75) is 51.6 Å². The van der Waals surface area contributed by atoms with Gasteiger partial charge in [0.2, 0.25) is 5.91 Å². The largest absolute Gasteiger partial charge is 0.674 e. The molecule has 2 rings (SSSR count). The minimum Gasteiger partial charge on any atom is -0.674 e. The Labute approximate surface area is 135 Å². The molecule has 1 aromatic rings. The van der Waals surface area contributed by atoms with Crippen LogP contribution in [0.1, 0.15) is 36.6 Å². The Morgan fingerprint density at radius 3 is 2.77 bits per heavy atom. The number of hydrogen-bond donors (Lipinski definition) is 2. The Bertz CT molecular complexity index is 614. The predicted octanol–water partition coefficient (Wildman–Crippen LogP) is 2.68. The molecule has 6 heteroatoms. The van der Waals surface area contributed by atoms with E-state index < -0.39 is 0 Å². The first kappa shape index (κ1) is 17.0. The van der Waals surface area contributed by atoms with Crippen molar-refractivity contribution in [2.75, 3.05) is 0 Å². The zero-order chi connectivity index (χ0) is 16.4. The van der Waals surface area contributed by atoms with Crippen LogP contribution in [0.25, 0.3) is 5.73 Å². The first-order valence-corrected chi connectivity index (χ1v) is 8.05. The highest BCUT2D eigenvalue weighted by Gasteiger charge is 2.33. The molecule has 0 spiro atoms. The number of rotatable bonds is 3. The molecule has 3 N–H and O–H groups in total. The van der Waals surface area contributed by atoms with E-state index in [1.807, 2.05) is 26.8 Å². The Morgan fingerprint density at radius 1 is 1.45 bits per heavy atom. The Kier molecular flexibility index (Phi) is 5.29. The number of aryl methyl sites for hydroxylation is 2. The molecule has 5 nitrogen and oxygen atoms in total. The summed E-state index contributed by atoms with van der Waals surface area (Å²) in [5.41, 5.74) is 10.1. The molecule has 1 aliphatic rings. The number of pyridine rings is 1. The van der Waals surface area contributed by atoms with Crippen LogP contribution in [0, 0.1) is 25.7 Å². The standard InChI is InChI=1S/C16H23ClN3O2/c1-8-4-9(2)20-16(22)13(8)7-19-15(21)12-5-11(17)6-14(18)10(12)3/h4,10-12,14,18H,5-7H2,1-3H3,(H,19,21)(H,20,22)/q-1. The normalized spacial score (nSPS) is 28.4. The third kappa shape index (κ3) is 3.70. The van der Waals surface area contributed by atoms with Gasteiger partial charge in [-0.2, -0.15) is 0 Å². The number of H-pyrrole nitrogens is 1. The quantitative estimate of drug-likeness (QED) is 0.837. The summed E-state index contributed by atoms with van der Waals surface area (Å²) in [5.74, 6) is -0.398. The lowest BCUT2D eigenvalue weighted by molar-refractivity contribution is -0.127. The van der Waals surface area contributed by atoms with E-state index in [4.69, 9.17) is 17.3 Å². The number of halogens is 1. The number of carbonyl (C=O) groups is 1. The monoisotopic (exact) mass is 324 g/mol. The summed E-state index contributed by atoms with van der Waals surface area (Å²) in [7, 11) is 0. The highest BCUT2D eigenvalue weighted by molar-refractivity contribution is 6.20. The maximum Gasteiger partial charge on any atom is 0.253 e. The first-order valence-electron chi connectivity index (χ1n) is 7.62. The van der Waals surface area contributed by atoms with Crippen molar-refractivity contribution in [1.29, 1.82) is 0 Å². The molecular weight excluding hydrogens is 302 g/mol. The second kappa shape index (κ2) is 6.84. The highest BCUT2D eigenvalue weighted by Crippen LogP contribution is 2.34. The minimum atomic E-state index is -0.309. The molecule has 4 atom stereocenters. The van der Waals surface area contributed by atoms with Crippen molar-refractivity contribution in [3.05, 3.63) is 39.0 Å². The smallest absolute Gasteiger partial charge is 0.253 e. The third-order valence-corrected chi connectivity index (χ3v) is 4.92. The topological polar surface area (TPSA) is 85.8 Å². The van der Waals surface area contributed by atoms with E-state index in [1.54, 1.807) is 0 Å². The van der Waals surface area contributed by atoms with Gasteiger partial charge >= 0.3 is 0 Å². The van der Waals surface area contributed by atoms with Crippen LogP contribution in [0.2, 0.25) is 0 Å². The lowest BCUT2D eigenvalue weighted by Gasteiger charge is -2.40. The van der Waals surface area contributed by atoms with Crippen LogP contribution in [-0.2, 0) is 11.3 Å². The van der Waals surface area contributed by atoms with Gasteiger partial charge in [0.25, 0.3) is 5.56 Å². The van der Waals surface area contributed by atoms with Crippen LogP contribution >= 0.6 is 11.6 Å². The second-order valence-corrected chi connectivity index (χ2v) is 6.92. The molecule has 1 aromatic heterocycles. The van der Waals surface area contributed by atoms with Crippen LogP contribution < -0.4 is 10.9 Å². The average molecular weight is 325 g/mol. The van der Waals surface area contributed by atoms with Gasteiger partial charge in [0, 0.05) is 29.1 Å². The molecule has 4 unspecified atom stereocenters. The van der Waals surface area contributed by atoms with Crippen LogP contribution in [0.15, 0.2) is 10.9 Å². The molecule has 1 aliphatic carbocycles. The molecule has 1 saturated carbocycles. The summed E-state index contributed by atoms with van der Waals surface area (Å²) in [4.78, 5) is 27.1. The minimum absolute atomic E-state index is 0.0209. The van der Waals surface area contributed by atoms with Gasteiger partial charge in [-0.3, -0.25) is 9.59 Å². The molecule has 0 radical (unpaired) electrons. The highest BCUT2D eigenvalue weighted by atomic mass is 35.5. The zero-order valence-electron chi connectivity index (χ0n) is 13.2. The molecule has 22 heavy (non-hydrogen) atoms. The maximum absolute atomic E-state index is 12.4. The van der Waals surface area contributed by atoms with Gasteiger partial charge in [-0.15, -0.1) is 17.6 Å². The van der Waals surface area contributed by atoms with Gasteiger partial charge in [0.1, 0.15) is 0 Å². The summed E-state index contributed by atoms with van der Waals surface area (Å²) in [5, 5.41) is 2.71. The molecule has 1 heterocycles. The van der Waals surface area contributed by atoms with Crippen molar-refractivity contribution in [3.63, 3.8) is 0 Å². The van der Waals surface area contributed by atoms with E-state index in [-0.39, 0.29) is 41.3 Å². The number of nitrogens with one attached hydrogen (secondary N) is 3. The van der Waals surface area contributed by atoms with E-state index in [9.17, 15) is 9.59 Å². The number of hydrogen-bond acceptors (Lipinski definition) is 2. The lowest BCUT2D eigenvalue weighted by atomic mass is 9.76. The fourth-order valence-corrected chi connectivity index (χ4v) is 3.49. The molecule has 0 aliphatic heterocycles. The summed E-state index contributed by atoms with van der Waals surface area (Å²) in [6, 6.07) is 1.58. The maximum atomic E-state index is 12.4. The fraction of sp³-hybridized carbons (Fsp3) is 0.625. The van der Waals surface area contributed by atoms with Gasteiger partial charge in [-0.05, 0) is 37.8 Å². The summed E-state index contributed by atoms with van der Waals surface area (Å²) >= 11 is 6.15. The molecule has 0 saturated heterocycles. The molecule has 1 amide bonds. The summed E-state index contributed by atoms with van der Waals surface area (Å²) in [6.45, 7) is 5.82. The Hall–Kier alpha value is -1.33. The van der Waals surface area contributed by atoms with Crippen molar-refractivity contribution in [2.24, 2.45) is 11.8 Å². The summed E-state index contributed by atoms with van der Waals surface area (Å²) in [6.07, 6.45) is 1.22. The Morgan fingerprint density at radius 2 is 2.14 bits per heavy atom. The predicted molar refractivity (Wildman–Crippen MR) is 88.0 cm³/mol. The van der Waals surface area contributed by atoms with Gasteiger partial charge in [-0.25, -0.2) is 0 Å². The number of amides is 1. The van der Waals surface area contributed by atoms with Gasteiger partial charge in [0.15, 0.2) is 0 Å². The number of carbonyl (C=O) groups excluding carboxylic acids is 1.